The highest BCUT2D eigenvalue weighted by Crippen LogP contribution is 2.20. The molecule has 2 rings (SSSR count). The van der Waals surface area contributed by atoms with Crippen molar-refractivity contribution in [2.75, 3.05) is 13.2 Å². The van der Waals surface area contributed by atoms with Crippen LogP contribution in [0.4, 0.5) is 0 Å². The summed E-state index contributed by atoms with van der Waals surface area (Å²) in [6.07, 6.45) is 1.70. The van der Waals surface area contributed by atoms with E-state index in [-0.39, 0.29) is 25.2 Å². The van der Waals surface area contributed by atoms with E-state index in [2.05, 4.69) is 5.32 Å². The van der Waals surface area contributed by atoms with E-state index >= 15 is 0 Å². The van der Waals surface area contributed by atoms with Gasteiger partial charge in [0.1, 0.15) is 5.75 Å². The molecule has 2 aromatic carbocycles. The second kappa shape index (κ2) is 8.91. The van der Waals surface area contributed by atoms with E-state index in [4.69, 9.17) is 9.47 Å². The molecule has 0 aliphatic rings. The molecule has 128 valence electrons. The first-order valence-corrected chi connectivity index (χ1v) is 8.19. The smallest absolute Gasteiger partial charge is 0.344 e. The van der Waals surface area contributed by atoms with E-state index in [0.29, 0.717) is 5.75 Å². The highest BCUT2D eigenvalue weighted by atomic mass is 16.6. The summed E-state index contributed by atoms with van der Waals surface area (Å²) in [6, 6.07) is 13.6. The number of carbonyl (C=O) groups is 2. The van der Waals surface area contributed by atoms with Crippen molar-refractivity contribution in [3.8, 4) is 5.75 Å². The normalized spacial score (nSPS) is 10.6. The van der Waals surface area contributed by atoms with Gasteiger partial charge in [-0.25, -0.2) is 4.79 Å². The van der Waals surface area contributed by atoms with Crippen molar-refractivity contribution in [2.45, 2.75) is 32.7 Å². The van der Waals surface area contributed by atoms with Crippen LogP contribution in [0.15, 0.2) is 42.5 Å². The molecule has 0 aromatic heterocycles. The third kappa shape index (κ3) is 5.26. The molecule has 1 amide bonds. The Labute approximate surface area is 141 Å². The summed E-state index contributed by atoms with van der Waals surface area (Å²) in [5, 5.41) is 4.95. The Kier molecular flexibility index (Phi) is 6.61. The van der Waals surface area contributed by atoms with E-state index in [1.165, 1.54) is 0 Å². The standard InChI is InChI=1S/C19H23NO4/c1-3-16(4-2)20-18(21)12-24-19(22)13-23-17-10-9-14-7-5-6-8-15(14)11-17/h5-11,16H,3-4,12-13H2,1-2H3,(H,20,21). The predicted molar refractivity (Wildman–Crippen MR) is 92.9 cm³/mol. The van der Waals surface area contributed by atoms with Crippen LogP contribution >= 0.6 is 0 Å². The van der Waals surface area contributed by atoms with Crippen molar-refractivity contribution in [1.29, 1.82) is 0 Å². The number of nitrogens with one attached hydrogen (secondary N) is 1. The molecule has 24 heavy (non-hydrogen) atoms. The lowest BCUT2D eigenvalue weighted by Crippen LogP contribution is -2.37. The van der Waals surface area contributed by atoms with Gasteiger partial charge in [0, 0.05) is 6.04 Å². The SMILES string of the molecule is CCC(CC)NC(=O)COC(=O)COc1ccc2ccccc2c1. The summed E-state index contributed by atoms with van der Waals surface area (Å²) in [5.74, 6) is -0.266. The van der Waals surface area contributed by atoms with Gasteiger partial charge in [-0.05, 0) is 35.7 Å². The Hall–Kier alpha value is -2.56. The van der Waals surface area contributed by atoms with Gasteiger partial charge >= 0.3 is 5.97 Å². The average molecular weight is 329 g/mol. The molecule has 0 saturated carbocycles. The van der Waals surface area contributed by atoms with Gasteiger partial charge in [0.25, 0.3) is 5.91 Å². The first kappa shape index (κ1) is 17.8. The van der Waals surface area contributed by atoms with Crippen LogP contribution in [0.1, 0.15) is 26.7 Å². The maximum absolute atomic E-state index is 11.7. The van der Waals surface area contributed by atoms with Crippen LogP contribution in [-0.2, 0) is 14.3 Å². The largest absolute Gasteiger partial charge is 0.482 e. The van der Waals surface area contributed by atoms with Crippen LogP contribution in [-0.4, -0.2) is 31.1 Å². The maximum atomic E-state index is 11.7. The zero-order valence-corrected chi connectivity index (χ0v) is 14.1. The fourth-order valence-corrected chi connectivity index (χ4v) is 2.35. The highest BCUT2D eigenvalue weighted by Gasteiger charge is 2.11. The fourth-order valence-electron chi connectivity index (χ4n) is 2.35. The average Bonchev–Trinajstić information content (AvgIpc) is 2.62. The molecule has 0 bridgehead atoms. The van der Waals surface area contributed by atoms with Crippen molar-refractivity contribution in [3.63, 3.8) is 0 Å². The number of hydrogen-bond acceptors (Lipinski definition) is 4. The molecule has 0 aliphatic carbocycles. The minimum Gasteiger partial charge on any atom is -0.482 e. The van der Waals surface area contributed by atoms with Crippen LogP contribution < -0.4 is 10.1 Å². The third-order valence-corrected chi connectivity index (χ3v) is 3.79. The number of fused-ring (bicyclic) bond motifs is 1. The van der Waals surface area contributed by atoms with Crippen LogP contribution in [0.3, 0.4) is 0 Å². The second-order valence-electron chi connectivity index (χ2n) is 5.54. The van der Waals surface area contributed by atoms with Crippen LogP contribution in [0.5, 0.6) is 5.75 Å². The number of carbonyl (C=O) groups excluding carboxylic acids is 2. The molecule has 5 nitrogen and oxygen atoms in total. The van der Waals surface area contributed by atoms with Crippen LogP contribution in [0.2, 0.25) is 0 Å². The first-order valence-electron chi connectivity index (χ1n) is 8.19. The van der Waals surface area contributed by atoms with Crippen molar-refractivity contribution in [1.82, 2.24) is 5.32 Å². The Bertz CT molecular complexity index is 695. The Morgan fingerprint density at radius 2 is 1.71 bits per heavy atom. The molecular weight excluding hydrogens is 306 g/mol. The lowest BCUT2D eigenvalue weighted by molar-refractivity contribution is -0.150. The van der Waals surface area contributed by atoms with Gasteiger partial charge in [-0.15, -0.1) is 0 Å². The van der Waals surface area contributed by atoms with Crippen LogP contribution in [0.25, 0.3) is 10.8 Å². The molecule has 0 atom stereocenters. The van der Waals surface area contributed by atoms with Gasteiger partial charge in [0.05, 0.1) is 0 Å². The number of esters is 1. The molecule has 0 aliphatic heterocycles. The van der Waals surface area contributed by atoms with Crippen LogP contribution in [0, 0.1) is 0 Å². The van der Waals surface area contributed by atoms with Gasteiger partial charge in [-0.1, -0.05) is 44.2 Å². The van der Waals surface area contributed by atoms with Crippen molar-refractivity contribution in [2.24, 2.45) is 0 Å². The topological polar surface area (TPSA) is 64.6 Å². The maximum Gasteiger partial charge on any atom is 0.344 e. The summed E-state index contributed by atoms with van der Waals surface area (Å²) in [7, 11) is 0. The van der Waals surface area contributed by atoms with E-state index in [0.717, 1.165) is 23.6 Å². The molecule has 0 fully saturated rings. The summed E-state index contributed by atoms with van der Waals surface area (Å²) in [4.78, 5) is 23.3. The number of amides is 1. The minimum atomic E-state index is -0.567. The van der Waals surface area contributed by atoms with E-state index in [9.17, 15) is 9.59 Å². The molecular formula is C19H23NO4. The van der Waals surface area contributed by atoms with Gasteiger partial charge in [0.15, 0.2) is 13.2 Å². The van der Waals surface area contributed by atoms with Crippen molar-refractivity contribution >= 4 is 22.6 Å². The molecule has 0 spiro atoms. The van der Waals surface area contributed by atoms with E-state index < -0.39 is 5.97 Å². The predicted octanol–water partition coefficient (Wildman–Crippen LogP) is 3.07. The molecule has 5 heteroatoms. The lowest BCUT2D eigenvalue weighted by Gasteiger charge is -2.14. The van der Waals surface area contributed by atoms with Crippen molar-refractivity contribution in [3.05, 3.63) is 42.5 Å². The Morgan fingerprint density at radius 1 is 1.00 bits per heavy atom. The Morgan fingerprint density at radius 3 is 2.42 bits per heavy atom. The fraction of sp³-hybridized carbons (Fsp3) is 0.368. The molecule has 0 saturated heterocycles. The Balaban J connectivity index is 1.77. The zero-order chi connectivity index (χ0) is 17.4. The highest BCUT2D eigenvalue weighted by molar-refractivity contribution is 5.84. The van der Waals surface area contributed by atoms with Gasteiger partial charge < -0.3 is 14.8 Å². The zero-order valence-electron chi connectivity index (χ0n) is 14.1. The summed E-state index contributed by atoms with van der Waals surface area (Å²) >= 11 is 0. The molecule has 2 aromatic rings. The molecule has 0 radical (unpaired) electrons. The first-order chi connectivity index (χ1) is 11.6. The van der Waals surface area contributed by atoms with Gasteiger partial charge in [-0.2, -0.15) is 0 Å². The summed E-state index contributed by atoms with van der Waals surface area (Å²) in [6.45, 7) is 3.49. The molecule has 0 heterocycles. The lowest BCUT2D eigenvalue weighted by atomic mass is 10.1. The second-order valence-corrected chi connectivity index (χ2v) is 5.54. The van der Waals surface area contributed by atoms with E-state index in [1.54, 1.807) is 6.07 Å². The summed E-state index contributed by atoms with van der Waals surface area (Å²) < 4.78 is 10.4. The molecule has 1 N–H and O–H groups in total. The summed E-state index contributed by atoms with van der Waals surface area (Å²) in [5.41, 5.74) is 0. The number of rotatable bonds is 8. The minimum absolute atomic E-state index is 0.116. The van der Waals surface area contributed by atoms with Gasteiger partial charge in [-0.3, -0.25) is 4.79 Å². The quantitative estimate of drug-likeness (QED) is 0.756. The molecule has 0 unspecified atom stereocenters. The number of hydrogen-bond donors (Lipinski definition) is 1. The van der Waals surface area contributed by atoms with Gasteiger partial charge in [0.2, 0.25) is 0 Å². The monoisotopic (exact) mass is 329 g/mol. The number of benzene rings is 2. The third-order valence-electron chi connectivity index (χ3n) is 3.79. The number of ether oxygens (including phenoxy) is 2. The van der Waals surface area contributed by atoms with E-state index in [1.807, 2.05) is 50.2 Å². The van der Waals surface area contributed by atoms with Crippen molar-refractivity contribution < 1.29 is 19.1 Å².